The van der Waals surface area contributed by atoms with Crippen LogP contribution in [0.3, 0.4) is 0 Å². The van der Waals surface area contributed by atoms with E-state index in [4.69, 9.17) is 9.84 Å². The number of methoxy groups -OCH3 is 1. The number of hydrogen-bond acceptors (Lipinski definition) is 4. The van der Waals surface area contributed by atoms with Gasteiger partial charge >= 0.3 is 5.97 Å². The topological polar surface area (TPSA) is 92.7 Å². The van der Waals surface area contributed by atoms with Crippen LogP contribution in [0.15, 0.2) is 24.3 Å². The third-order valence-electron chi connectivity index (χ3n) is 3.53. The number of Topliss-reactive ketones (excluding diaryl/α,β-unsaturated/α-hetero) is 1. The fourth-order valence-electron chi connectivity index (χ4n) is 2.00. The zero-order valence-electron chi connectivity index (χ0n) is 11.7. The van der Waals surface area contributed by atoms with Crippen molar-refractivity contribution in [3.8, 4) is 5.75 Å². The Hall–Kier alpha value is -2.37. The van der Waals surface area contributed by atoms with Crippen LogP contribution in [0.25, 0.3) is 0 Å². The van der Waals surface area contributed by atoms with Crippen LogP contribution in [-0.2, 0) is 9.59 Å². The predicted molar refractivity (Wildman–Crippen MR) is 74.3 cm³/mol. The minimum atomic E-state index is -1.10. The monoisotopic (exact) mass is 291 g/mol. The molecule has 2 N–H and O–H groups in total. The summed E-state index contributed by atoms with van der Waals surface area (Å²) in [5.74, 6) is -0.927. The first-order valence-electron chi connectivity index (χ1n) is 6.68. The molecular weight excluding hydrogens is 274 g/mol. The van der Waals surface area contributed by atoms with Crippen molar-refractivity contribution < 1.29 is 24.2 Å². The molecule has 0 aliphatic heterocycles. The van der Waals surface area contributed by atoms with Crippen molar-refractivity contribution in [2.75, 3.05) is 7.11 Å². The average molecular weight is 291 g/mol. The molecule has 0 heterocycles. The van der Waals surface area contributed by atoms with Crippen molar-refractivity contribution in [1.82, 2.24) is 5.32 Å². The van der Waals surface area contributed by atoms with Gasteiger partial charge in [-0.2, -0.15) is 0 Å². The Morgan fingerprint density at radius 3 is 2.29 bits per heavy atom. The highest BCUT2D eigenvalue weighted by Gasteiger charge is 2.51. The number of ketones is 1. The van der Waals surface area contributed by atoms with Crippen molar-refractivity contribution in [2.24, 2.45) is 0 Å². The van der Waals surface area contributed by atoms with Gasteiger partial charge in [-0.3, -0.25) is 9.59 Å². The van der Waals surface area contributed by atoms with Crippen molar-refractivity contribution in [3.63, 3.8) is 0 Å². The van der Waals surface area contributed by atoms with Gasteiger partial charge in [0.05, 0.1) is 7.11 Å². The van der Waals surface area contributed by atoms with Crippen molar-refractivity contribution in [2.45, 2.75) is 31.2 Å². The van der Waals surface area contributed by atoms with Crippen LogP contribution in [0, 0.1) is 0 Å². The Labute approximate surface area is 122 Å². The largest absolute Gasteiger partial charge is 0.497 e. The fraction of sp³-hybridized carbons (Fsp3) is 0.400. The first-order chi connectivity index (χ1) is 9.97. The van der Waals surface area contributed by atoms with Gasteiger partial charge in [-0.25, -0.2) is 4.79 Å². The van der Waals surface area contributed by atoms with Crippen molar-refractivity contribution >= 4 is 17.7 Å². The lowest BCUT2D eigenvalue weighted by molar-refractivity contribution is -0.143. The second-order valence-corrected chi connectivity index (χ2v) is 5.09. The molecule has 1 aliphatic carbocycles. The van der Waals surface area contributed by atoms with E-state index >= 15 is 0 Å². The molecule has 0 saturated heterocycles. The summed E-state index contributed by atoms with van der Waals surface area (Å²) in [5.41, 5.74) is -0.594. The number of carboxylic acid groups (broad SMARTS) is 1. The van der Waals surface area contributed by atoms with E-state index in [0.717, 1.165) is 0 Å². The first kappa shape index (κ1) is 15.0. The third-order valence-corrected chi connectivity index (χ3v) is 3.53. The molecule has 0 radical (unpaired) electrons. The first-order valence-corrected chi connectivity index (χ1v) is 6.68. The fourth-order valence-corrected chi connectivity index (χ4v) is 2.00. The maximum Gasteiger partial charge on any atom is 0.329 e. The highest BCUT2D eigenvalue weighted by molar-refractivity contribution is 5.98. The Balaban J connectivity index is 1.83. The van der Waals surface area contributed by atoms with Crippen LogP contribution in [0.5, 0.6) is 5.75 Å². The molecule has 1 aromatic carbocycles. The molecule has 1 aromatic rings. The number of amides is 1. The normalized spacial score (nSPS) is 15.1. The van der Waals surface area contributed by atoms with Crippen molar-refractivity contribution in [1.29, 1.82) is 0 Å². The summed E-state index contributed by atoms with van der Waals surface area (Å²) in [6, 6.07) is 6.63. The van der Waals surface area contributed by atoms with E-state index in [1.165, 1.54) is 7.11 Å². The quantitative estimate of drug-likeness (QED) is 0.741. The van der Waals surface area contributed by atoms with E-state index in [0.29, 0.717) is 24.2 Å². The van der Waals surface area contributed by atoms with E-state index in [9.17, 15) is 14.4 Å². The van der Waals surface area contributed by atoms with Crippen LogP contribution in [0.1, 0.15) is 36.0 Å². The van der Waals surface area contributed by atoms with Gasteiger partial charge in [0.1, 0.15) is 11.3 Å². The molecule has 0 spiro atoms. The van der Waals surface area contributed by atoms with E-state index in [-0.39, 0.29) is 18.6 Å². The second kappa shape index (κ2) is 5.95. The SMILES string of the molecule is COc1ccc(C(=O)CCC(=O)NC2(C(=O)O)CC2)cc1. The van der Waals surface area contributed by atoms with Crippen LogP contribution in [-0.4, -0.2) is 35.4 Å². The van der Waals surface area contributed by atoms with Crippen LogP contribution in [0.2, 0.25) is 0 Å². The Morgan fingerprint density at radius 1 is 1.19 bits per heavy atom. The molecule has 21 heavy (non-hydrogen) atoms. The molecule has 6 nitrogen and oxygen atoms in total. The van der Waals surface area contributed by atoms with Gasteiger partial charge in [-0.1, -0.05) is 0 Å². The van der Waals surface area contributed by atoms with Gasteiger partial charge in [0.2, 0.25) is 5.91 Å². The number of carbonyl (C=O) groups excluding carboxylic acids is 2. The number of rotatable bonds is 7. The van der Waals surface area contributed by atoms with Gasteiger partial charge < -0.3 is 15.2 Å². The number of carbonyl (C=O) groups is 3. The molecule has 1 aliphatic rings. The third kappa shape index (κ3) is 3.59. The minimum Gasteiger partial charge on any atom is -0.497 e. The zero-order valence-corrected chi connectivity index (χ0v) is 11.7. The van der Waals surface area contributed by atoms with E-state index < -0.39 is 17.4 Å². The lowest BCUT2D eigenvalue weighted by Gasteiger charge is -2.12. The molecule has 1 saturated carbocycles. The van der Waals surface area contributed by atoms with Crippen molar-refractivity contribution in [3.05, 3.63) is 29.8 Å². The van der Waals surface area contributed by atoms with Gasteiger partial charge in [0, 0.05) is 18.4 Å². The van der Waals surface area contributed by atoms with Gasteiger partial charge in [-0.15, -0.1) is 0 Å². The molecule has 1 amide bonds. The smallest absolute Gasteiger partial charge is 0.329 e. The molecule has 0 aromatic heterocycles. The van der Waals surface area contributed by atoms with Gasteiger partial charge in [-0.05, 0) is 37.1 Å². The van der Waals surface area contributed by atoms with Gasteiger partial charge in [0.25, 0.3) is 0 Å². The average Bonchev–Trinajstić information content (AvgIpc) is 3.26. The predicted octanol–water partition coefficient (Wildman–Crippen LogP) is 1.39. The lowest BCUT2D eigenvalue weighted by Crippen LogP contribution is -2.43. The molecule has 2 rings (SSSR count). The number of nitrogens with one attached hydrogen (secondary N) is 1. The standard InChI is InChI=1S/C15H17NO5/c1-21-11-4-2-10(3-5-11)12(17)6-7-13(18)16-15(8-9-15)14(19)20/h2-5H,6-9H2,1H3,(H,16,18)(H,19,20). The highest BCUT2D eigenvalue weighted by Crippen LogP contribution is 2.35. The molecule has 0 bridgehead atoms. The van der Waals surface area contributed by atoms with E-state index in [1.54, 1.807) is 24.3 Å². The zero-order chi connectivity index (χ0) is 15.5. The van der Waals surface area contributed by atoms with E-state index in [1.807, 2.05) is 0 Å². The lowest BCUT2D eigenvalue weighted by atomic mass is 10.1. The van der Waals surface area contributed by atoms with E-state index in [2.05, 4.69) is 5.32 Å². The molecule has 0 atom stereocenters. The number of hydrogen-bond donors (Lipinski definition) is 2. The van der Waals surface area contributed by atoms with Gasteiger partial charge in [0.15, 0.2) is 5.78 Å². The number of benzene rings is 1. The minimum absolute atomic E-state index is 0.0140. The van der Waals surface area contributed by atoms with Crippen LogP contribution < -0.4 is 10.1 Å². The molecule has 6 heteroatoms. The Morgan fingerprint density at radius 2 is 1.81 bits per heavy atom. The second-order valence-electron chi connectivity index (χ2n) is 5.09. The maximum atomic E-state index is 11.9. The molecular formula is C15H17NO5. The number of aliphatic carboxylic acids is 1. The van der Waals surface area contributed by atoms with Crippen LogP contribution in [0.4, 0.5) is 0 Å². The summed E-state index contributed by atoms with van der Waals surface area (Å²) in [6.07, 6.45) is 0.925. The molecule has 112 valence electrons. The summed E-state index contributed by atoms with van der Waals surface area (Å²) in [4.78, 5) is 34.6. The number of ether oxygens (including phenoxy) is 1. The summed E-state index contributed by atoms with van der Waals surface area (Å²) in [5, 5.41) is 11.4. The maximum absolute atomic E-state index is 11.9. The summed E-state index contributed by atoms with van der Waals surface area (Å²) in [7, 11) is 1.54. The summed E-state index contributed by atoms with van der Waals surface area (Å²) in [6.45, 7) is 0. The molecule has 0 unspecified atom stereocenters. The summed E-state index contributed by atoms with van der Waals surface area (Å²) < 4.78 is 5.00. The summed E-state index contributed by atoms with van der Waals surface area (Å²) >= 11 is 0. The Bertz CT molecular complexity index is 560. The number of carboxylic acids is 1. The highest BCUT2D eigenvalue weighted by atomic mass is 16.5. The Kier molecular flexibility index (Phi) is 4.26. The van der Waals surface area contributed by atoms with Crippen LogP contribution >= 0.6 is 0 Å². The molecule has 1 fully saturated rings.